The van der Waals surface area contributed by atoms with E-state index in [1.54, 1.807) is 18.2 Å². The molecule has 0 aliphatic carbocycles. The summed E-state index contributed by atoms with van der Waals surface area (Å²) in [5.41, 5.74) is 0.453. The van der Waals surface area contributed by atoms with Gasteiger partial charge in [-0.2, -0.15) is 0 Å². The lowest BCUT2D eigenvalue weighted by Gasteiger charge is -2.11. The fraction of sp³-hybridized carbons (Fsp3) is 0.250. The average Bonchev–Trinajstić information content (AvgIpc) is 2.17. The topological polar surface area (TPSA) is 29.1 Å². The van der Waals surface area contributed by atoms with Crippen molar-refractivity contribution in [2.24, 2.45) is 0 Å². The Morgan fingerprint density at radius 3 is 2.94 bits per heavy atom. The molecule has 1 atom stereocenters. The van der Waals surface area contributed by atoms with Crippen molar-refractivity contribution >= 4 is 33.4 Å². The first-order chi connectivity index (χ1) is 7.54. The van der Waals surface area contributed by atoms with Crippen LogP contribution in [-0.4, -0.2) is 11.9 Å². The van der Waals surface area contributed by atoms with Gasteiger partial charge in [0.25, 0.3) is 5.91 Å². The zero-order chi connectivity index (χ0) is 12.1. The number of halogens is 2. The fourth-order valence-corrected chi connectivity index (χ4v) is 1.96. The van der Waals surface area contributed by atoms with Gasteiger partial charge in [-0.05, 0) is 25.1 Å². The van der Waals surface area contributed by atoms with E-state index >= 15 is 0 Å². The Bertz CT molecular complexity index is 439. The molecule has 0 bridgehead atoms. The molecule has 84 valence electrons. The Balaban J connectivity index is 2.78. The van der Waals surface area contributed by atoms with Crippen molar-refractivity contribution in [3.63, 3.8) is 0 Å². The van der Waals surface area contributed by atoms with Crippen LogP contribution in [0.25, 0.3) is 0 Å². The number of carbonyl (C=O) groups excluding carboxylic acids is 1. The minimum Gasteiger partial charge on any atom is -0.349 e. The van der Waals surface area contributed by atoms with Gasteiger partial charge in [0.1, 0.15) is 0 Å². The fourth-order valence-electron chi connectivity index (χ4n) is 1.20. The van der Waals surface area contributed by atoms with Crippen molar-refractivity contribution in [2.45, 2.75) is 19.4 Å². The van der Waals surface area contributed by atoms with Crippen LogP contribution in [0, 0.1) is 12.3 Å². The number of amides is 1. The van der Waals surface area contributed by atoms with Crippen molar-refractivity contribution in [3.8, 4) is 12.3 Å². The molecule has 0 radical (unpaired) electrons. The van der Waals surface area contributed by atoms with Crippen molar-refractivity contribution in [3.05, 3.63) is 33.3 Å². The quantitative estimate of drug-likeness (QED) is 0.853. The lowest BCUT2D eigenvalue weighted by Crippen LogP contribution is -2.32. The van der Waals surface area contributed by atoms with Gasteiger partial charge in [0, 0.05) is 16.9 Å². The zero-order valence-electron chi connectivity index (χ0n) is 8.76. The molecule has 0 aromatic heterocycles. The number of nitrogens with one attached hydrogen (secondary N) is 1. The molecule has 16 heavy (non-hydrogen) atoms. The van der Waals surface area contributed by atoms with Gasteiger partial charge in [-0.3, -0.25) is 4.79 Å². The summed E-state index contributed by atoms with van der Waals surface area (Å²) in [7, 11) is 0. The number of benzene rings is 1. The molecule has 1 rings (SSSR count). The molecule has 1 aromatic carbocycles. The van der Waals surface area contributed by atoms with Crippen LogP contribution in [-0.2, 0) is 0 Å². The van der Waals surface area contributed by atoms with E-state index in [2.05, 4.69) is 27.2 Å². The van der Waals surface area contributed by atoms with Crippen LogP contribution in [0.15, 0.2) is 22.7 Å². The van der Waals surface area contributed by atoms with Crippen molar-refractivity contribution in [1.82, 2.24) is 5.32 Å². The Hall–Kier alpha value is -0.980. The monoisotopic (exact) mass is 299 g/mol. The van der Waals surface area contributed by atoms with Crippen molar-refractivity contribution in [1.29, 1.82) is 0 Å². The number of rotatable bonds is 3. The third kappa shape index (κ3) is 3.55. The third-order valence-electron chi connectivity index (χ3n) is 1.98. The largest absolute Gasteiger partial charge is 0.349 e. The summed E-state index contributed by atoms with van der Waals surface area (Å²) in [5, 5.41) is 3.19. The summed E-state index contributed by atoms with van der Waals surface area (Å²) >= 11 is 9.23. The van der Waals surface area contributed by atoms with Gasteiger partial charge < -0.3 is 5.32 Å². The molecule has 1 N–H and O–H groups in total. The standard InChI is InChI=1S/C12H11BrClNO/c1-3-4-8(2)15-12(16)10-6-5-9(13)7-11(10)14/h1,5-8H,4H2,2H3,(H,15,16). The molecule has 0 saturated heterocycles. The highest BCUT2D eigenvalue weighted by molar-refractivity contribution is 9.10. The Morgan fingerprint density at radius 1 is 1.69 bits per heavy atom. The van der Waals surface area contributed by atoms with Gasteiger partial charge in [0.15, 0.2) is 0 Å². The van der Waals surface area contributed by atoms with Crippen LogP contribution >= 0.6 is 27.5 Å². The molecular formula is C12H11BrClNO. The van der Waals surface area contributed by atoms with Crippen molar-refractivity contribution < 1.29 is 4.79 Å². The van der Waals surface area contributed by atoms with E-state index in [1.165, 1.54) is 0 Å². The van der Waals surface area contributed by atoms with Gasteiger partial charge in [-0.15, -0.1) is 12.3 Å². The molecule has 0 aliphatic heterocycles. The van der Waals surface area contributed by atoms with Crippen LogP contribution < -0.4 is 5.32 Å². The summed E-state index contributed by atoms with van der Waals surface area (Å²) in [5.74, 6) is 2.28. The van der Waals surface area contributed by atoms with E-state index in [-0.39, 0.29) is 11.9 Å². The second-order valence-corrected chi connectivity index (χ2v) is 4.73. The number of terminal acetylenes is 1. The summed E-state index contributed by atoms with van der Waals surface area (Å²) in [4.78, 5) is 11.8. The number of hydrogen-bond donors (Lipinski definition) is 1. The molecule has 4 heteroatoms. The first kappa shape index (κ1) is 13.1. The minimum absolute atomic E-state index is 0.0581. The second kappa shape index (κ2) is 5.93. The molecule has 1 unspecified atom stereocenters. The maximum Gasteiger partial charge on any atom is 0.253 e. The molecule has 0 fully saturated rings. The summed E-state index contributed by atoms with van der Waals surface area (Å²) in [6.07, 6.45) is 5.66. The van der Waals surface area contributed by atoms with Crippen LogP contribution in [0.3, 0.4) is 0 Å². The van der Waals surface area contributed by atoms with Crippen LogP contribution in [0.1, 0.15) is 23.7 Å². The lowest BCUT2D eigenvalue weighted by molar-refractivity contribution is 0.0941. The molecule has 0 heterocycles. The molecule has 1 aromatic rings. The van der Waals surface area contributed by atoms with E-state index in [0.29, 0.717) is 17.0 Å². The molecule has 2 nitrogen and oxygen atoms in total. The average molecular weight is 301 g/mol. The van der Waals surface area contributed by atoms with Gasteiger partial charge >= 0.3 is 0 Å². The highest BCUT2D eigenvalue weighted by Gasteiger charge is 2.12. The van der Waals surface area contributed by atoms with Gasteiger partial charge in [-0.1, -0.05) is 27.5 Å². The van der Waals surface area contributed by atoms with E-state index in [1.807, 2.05) is 6.92 Å². The van der Waals surface area contributed by atoms with E-state index in [0.717, 1.165) is 4.47 Å². The highest BCUT2D eigenvalue weighted by Crippen LogP contribution is 2.21. The second-order valence-electron chi connectivity index (χ2n) is 3.41. The Labute approximate surface area is 109 Å². The highest BCUT2D eigenvalue weighted by atomic mass is 79.9. The molecule has 1 amide bonds. The first-order valence-corrected chi connectivity index (χ1v) is 5.91. The normalized spacial score (nSPS) is 11.6. The van der Waals surface area contributed by atoms with Gasteiger partial charge in [0.05, 0.1) is 10.6 Å². The maximum absolute atomic E-state index is 11.8. The summed E-state index contributed by atoms with van der Waals surface area (Å²) < 4.78 is 0.839. The van der Waals surface area contributed by atoms with E-state index in [9.17, 15) is 4.79 Å². The lowest BCUT2D eigenvalue weighted by atomic mass is 10.2. The maximum atomic E-state index is 11.8. The number of carbonyl (C=O) groups is 1. The third-order valence-corrected chi connectivity index (χ3v) is 2.78. The van der Waals surface area contributed by atoms with Crippen LogP contribution in [0.2, 0.25) is 5.02 Å². The molecule has 0 spiro atoms. The summed E-state index contributed by atoms with van der Waals surface area (Å²) in [6.45, 7) is 1.85. The SMILES string of the molecule is C#CCC(C)NC(=O)c1ccc(Br)cc1Cl. The molecule has 0 aliphatic rings. The first-order valence-electron chi connectivity index (χ1n) is 4.74. The summed E-state index contributed by atoms with van der Waals surface area (Å²) in [6, 6.07) is 5.07. The minimum atomic E-state index is -0.208. The predicted molar refractivity (Wildman–Crippen MR) is 69.5 cm³/mol. The Morgan fingerprint density at radius 2 is 2.38 bits per heavy atom. The van der Waals surface area contributed by atoms with E-state index < -0.39 is 0 Å². The van der Waals surface area contributed by atoms with Crippen molar-refractivity contribution in [2.75, 3.05) is 0 Å². The molecule has 0 saturated carbocycles. The number of hydrogen-bond acceptors (Lipinski definition) is 1. The van der Waals surface area contributed by atoms with Gasteiger partial charge in [0.2, 0.25) is 0 Å². The van der Waals surface area contributed by atoms with Gasteiger partial charge in [-0.25, -0.2) is 0 Å². The van der Waals surface area contributed by atoms with E-state index in [4.69, 9.17) is 18.0 Å². The van der Waals surface area contributed by atoms with Crippen LogP contribution in [0.5, 0.6) is 0 Å². The zero-order valence-corrected chi connectivity index (χ0v) is 11.1. The molecular weight excluding hydrogens is 289 g/mol. The van der Waals surface area contributed by atoms with Crippen LogP contribution in [0.4, 0.5) is 0 Å². The smallest absolute Gasteiger partial charge is 0.253 e. The predicted octanol–water partition coefficient (Wildman–Crippen LogP) is 3.24. The Kier molecular flexibility index (Phi) is 4.85.